The summed E-state index contributed by atoms with van der Waals surface area (Å²) in [5, 5.41) is 18.7. The number of H-pyrrole nitrogens is 1. The van der Waals surface area contributed by atoms with Crippen LogP contribution in [0, 0.1) is 0 Å². The van der Waals surface area contributed by atoms with Crippen molar-refractivity contribution in [3.8, 4) is 11.4 Å². The van der Waals surface area contributed by atoms with Crippen LogP contribution in [-0.2, 0) is 17.0 Å². The van der Waals surface area contributed by atoms with Crippen LogP contribution in [0.1, 0.15) is 35.9 Å². The second-order valence-corrected chi connectivity index (χ2v) is 8.74. The molecule has 0 spiro atoms. The monoisotopic (exact) mass is 423 g/mol. The Bertz CT molecular complexity index is 1070. The highest BCUT2D eigenvalue weighted by molar-refractivity contribution is 7.99. The number of hydrogen-bond donors (Lipinski definition) is 3. The van der Waals surface area contributed by atoms with E-state index in [0.29, 0.717) is 18.2 Å². The molecule has 0 unspecified atom stereocenters. The molecular weight excluding hydrogens is 402 g/mol. The van der Waals surface area contributed by atoms with Gasteiger partial charge in [-0.25, -0.2) is 9.67 Å². The van der Waals surface area contributed by atoms with Gasteiger partial charge in [-0.1, -0.05) is 49.4 Å². The van der Waals surface area contributed by atoms with Crippen molar-refractivity contribution in [3.05, 3.63) is 77.4 Å². The van der Waals surface area contributed by atoms with Crippen LogP contribution in [0.4, 0.5) is 0 Å². The van der Waals surface area contributed by atoms with Gasteiger partial charge in [0.15, 0.2) is 5.82 Å². The Labute approximate surface area is 179 Å². The fraction of sp³-hybridized carbons (Fsp3) is 0.250. The SMILES string of the molecule is CCC(S)(S)c1ncn(Cc2ccc(Cc3cccc(-c4nn[nH]n4)c3)cc2)n1. The molecule has 2 heterocycles. The van der Waals surface area contributed by atoms with Gasteiger partial charge in [0.25, 0.3) is 0 Å². The summed E-state index contributed by atoms with van der Waals surface area (Å²) in [5.74, 6) is 1.23. The summed E-state index contributed by atoms with van der Waals surface area (Å²) < 4.78 is 1.21. The van der Waals surface area contributed by atoms with Gasteiger partial charge in [-0.05, 0) is 40.8 Å². The van der Waals surface area contributed by atoms with Crippen LogP contribution in [0.15, 0.2) is 54.9 Å². The largest absolute Gasteiger partial charge is 0.248 e. The third-order valence-corrected chi connectivity index (χ3v) is 5.73. The third-order valence-electron chi connectivity index (χ3n) is 4.69. The topological polar surface area (TPSA) is 85.2 Å². The predicted molar refractivity (Wildman–Crippen MR) is 118 cm³/mol. The Morgan fingerprint density at radius 3 is 2.55 bits per heavy atom. The number of aromatic nitrogens is 7. The lowest BCUT2D eigenvalue weighted by atomic mass is 10.0. The molecule has 0 bridgehead atoms. The zero-order chi connectivity index (χ0) is 20.3. The van der Waals surface area contributed by atoms with Crippen molar-refractivity contribution >= 4 is 25.3 Å². The molecule has 1 N–H and O–H groups in total. The molecule has 7 nitrogen and oxygen atoms in total. The molecule has 9 heteroatoms. The normalized spacial score (nSPS) is 11.7. The lowest BCUT2D eigenvalue weighted by Crippen LogP contribution is -2.12. The van der Waals surface area contributed by atoms with E-state index in [2.05, 4.69) is 92.4 Å². The lowest BCUT2D eigenvalue weighted by Gasteiger charge is -2.15. The Morgan fingerprint density at radius 1 is 1.03 bits per heavy atom. The first-order valence-corrected chi connectivity index (χ1v) is 10.2. The first-order valence-electron chi connectivity index (χ1n) is 9.29. The minimum atomic E-state index is -0.606. The highest BCUT2D eigenvalue weighted by Crippen LogP contribution is 2.33. The summed E-state index contributed by atoms with van der Waals surface area (Å²) >= 11 is 9.03. The quantitative estimate of drug-likeness (QED) is 0.313. The zero-order valence-electron chi connectivity index (χ0n) is 15.9. The molecule has 4 rings (SSSR count). The maximum absolute atomic E-state index is 4.52. The van der Waals surface area contributed by atoms with Gasteiger partial charge in [0.1, 0.15) is 10.4 Å². The number of benzene rings is 2. The van der Waals surface area contributed by atoms with Crippen molar-refractivity contribution in [2.75, 3.05) is 0 Å². The molecule has 0 aliphatic rings. The average molecular weight is 424 g/mol. The van der Waals surface area contributed by atoms with Gasteiger partial charge in [0.05, 0.1) is 6.54 Å². The number of thiol groups is 2. The fourth-order valence-electron chi connectivity index (χ4n) is 3.00. The van der Waals surface area contributed by atoms with Crippen LogP contribution in [-0.4, -0.2) is 35.4 Å². The summed E-state index contributed by atoms with van der Waals surface area (Å²) in [6.07, 6.45) is 3.30. The second kappa shape index (κ2) is 8.38. The van der Waals surface area contributed by atoms with Crippen LogP contribution in [0.3, 0.4) is 0 Å². The number of aromatic amines is 1. The first kappa shape index (κ1) is 19.7. The summed E-state index contributed by atoms with van der Waals surface area (Å²) in [6, 6.07) is 16.7. The summed E-state index contributed by atoms with van der Waals surface area (Å²) in [5.41, 5.74) is 4.53. The maximum Gasteiger partial charge on any atom is 0.204 e. The molecule has 0 aliphatic carbocycles. The van der Waals surface area contributed by atoms with Crippen LogP contribution in [0.25, 0.3) is 11.4 Å². The molecule has 0 atom stereocenters. The maximum atomic E-state index is 4.52. The smallest absolute Gasteiger partial charge is 0.204 e. The van der Waals surface area contributed by atoms with E-state index in [9.17, 15) is 0 Å². The van der Waals surface area contributed by atoms with Crippen molar-refractivity contribution in [3.63, 3.8) is 0 Å². The number of nitrogens with zero attached hydrogens (tertiary/aromatic N) is 6. The number of tetrazole rings is 1. The van der Waals surface area contributed by atoms with Gasteiger partial charge >= 0.3 is 0 Å². The molecule has 0 amide bonds. The summed E-state index contributed by atoms with van der Waals surface area (Å²) in [7, 11) is 0. The van der Waals surface area contributed by atoms with Crippen molar-refractivity contribution in [1.29, 1.82) is 0 Å². The second-order valence-electron chi connectivity index (χ2n) is 6.86. The van der Waals surface area contributed by atoms with Gasteiger partial charge < -0.3 is 0 Å². The zero-order valence-corrected chi connectivity index (χ0v) is 17.7. The van der Waals surface area contributed by atoms with Gasteiger partial charge in [0.2, 0.25) is 5.82 Å². The third kappa shape index (κ3) is 4.68. The predicted octanol–water partition coefficient (Wildman–Crippen LogP) is 3.52. The number of hydrogen-bond acceptors (Lipinski definition) is 7. The van der Waals surface area contributed by atoms with Crippen molar-refractivity contribution in [1.82, 2.24) is 35.4 Å². The van der Waals surface area contributed by atoms with Crippen molar-refractivity contribution < 1.29 is 0 Å². The van der Waals surface area contributed by atoms with Crippen molar-refractivity contribution in [2.24, 2.45) is 0 Å². The molecule has 0 saturated carbocycles. The van der Waals surface area contributed by atoms with E-state index in [1.807, 2.05) is 23.7 Å². The number of rotatable bonds is 7. The minimum Gasteiger partial charge on any atom is -0.248 e. The standard InChI is InChI=1S/C20H21N7S2/c1-2-20(28,29)19-21-13-27(24-19)12-15-8-6-14(7-9-15)10-16-4-3-5-17(11-16)18-22-25-26-23-18/h3-9,11,13,28-29H,2,10,12H2,1H3,(H,22,23,25,26). The van der Waals surface area contributed by atoms with Crippen LogP contribution < -0.4 is 0 Å². The molecule has 29 heavy (non-hydrogen) atoms. The van der Waals surface area contributed by atoms with Gasteiger partial charge in [-0.3, -0.25) is 0 Å². The molecule has 148 valence electrons. The molecule has 0 fully saturated rings. The molecule has 2 aromatic heterocycles. The summed E-state index contributed by atoms with van der Waals surface area (Å²) in [6.45, 7) is 2.67. The molecule has 2 aromatic carbocycles. The Balaban J connectivity index is 1.43. The van der Waals surface area contributed by atoms with E-state index in [-0.39, 0.29) is 0 Å². The van der Waals surface area contributed by atoms with E-state index in [4.69, 9.17) is 0 Å². The molecule has 0 radical (unpaired) electrons. The average Bonchev–Trinajstić information content (AvgIpc) is 3.42. The van der Waals surface area contributed by atoms with Crippen molar-refractivity contribution in [2.45, 2.75) is 30.4 Å². The highest BCUT2D eigenvalue weighted by atomic mass is 32.2. The van der Waals surface area contributed by atoms with E-state index >= 15 is 0 Å². The molecular formula is C20H21N7S2. The van der Waals surface area contributed by atoms with Gasteiger partial charge in [0, 0.05) is 5.56 Å². The Hall–Kier alpha value is -2.65. The minimum absolute atomic E-state index is 0.601. The fourth-order valence-corrected chi connectivity index (χ4v) is 3.21. The highest BCUT2D eigenvalue weighted by Gasteiger charge is 2.25. The van der Waals surface area contributed by atoms with E-state index in [1.165, 1.54) is 11.1 Å². The summed E-state index contributed by atoms with van der Waals surface area (Å²) in [4.78, 5) is 4.34. The van der Waals surface area contributed by atoms with Gasteiger partial charge in [-0.15, -0.1) is 10.2 Å². The molecule has 0 saturated heterocycles. The first-order chi connectivity index (χ1) is 14.0. The molecule has 0 aliphatic heterocycles. The van der Waals surface area contributed by atoms with Crippen LogP contribution in [0.2, 0.25) is 0 Å². The Kier molecular flexibility index (Phi) is 5.68. The van der Waals surface area contributed by atoms with Gasteiger partial charge in [-0.2, -0.15) is 35.6 Å². The van der Waals surface area contributed by atoms with E-state index in [0.717, 1.165) is 24.0 Å². The number of nitrogens with one attached hydrogen (secondary N) is 1. The van der Waals surface area contributed by atoms with Crippen LogP contribution >= 0.6 is 25.3 Å². The van der Waals surface area contributed by atoms with Crippen LogP contribution in [0.5, 0.6) is 0 Å². The van der Waals surface area contributed by atoms with E-state index in [1.54, 1.807) is 6.33 Å². The lowest BCUT2D eigenvalue weighted by molar-refractivity contribution is 0.658. The van der Waals surface area contributed by atoms with E-state index < -0.39 is 4.08 Å². The Morgan fingerprint density at radius 2 is 1.83 bits per heavy atom. The molecule has 4 aromatic rings.